The Morgan fingerprint density at radius 2 is 1.95 bits per heavy atom. The number of nitrogen functional groups attached to an aromatic ring is 1. The Morgan fingerprint density at radius 1 is 1.38 bits per heavy atom. The van der Waals surface area contributed by atoms with Gasteiger partial charge in [0.1, 0.15) is 0 Å². The van der Waals surface area contributed by atoms with Crippen LogP contribution in [0.5, 0.6) is 0 Å². The number of nitrogens with two attached hydrogens (primary N) is 1. The second kappa shape index (κ2) is 5.81. The van der Waals surface area contributed by atoms with Crippen molar-refractivity contribution in [1.82, 2.24) is 4.72 Å². The summed E-state index contributed by atoms with van der Waals surface area (Å²) in [4.78, 5) is 8.63. The van der Waals surface area contributed by atoms with Crippen LogP contribution in [0.3, 0.4) is 0 Å². The third-order valence-corrected chi connectivity index (χ3v) is 3.72. The molecule has 0 atom stereocenters. The molecular weight excluding hydrogens is 322 g/mol. The monoisotopic (exact) mass is 331 g/mol. The standard InChI is InChI=1S/C9H9F4N3O4S/c10-8(11)9(12,13)4-15-21(19,20)7-3-5(14)1-2-6(7)16(17)18/h1-3,8,15H,4,14H2. The Morgan fingerprint density at radius 3 is 2.43 bits per heavy atom. The van der Waals surface area contributed by atoms with Crippen molar-refractivity contribution >= 4 is 21.4 Å². The summed E-state index contributed by atoms with van der Waals surface area (Å²) in [6.07, 6.45) is -4.09. The van der Waals surface area contributed by atoms with E-state index >= 15 is 0 Å². The van der Waals surface area contributed by atoms with Crippen LogP contribution in [-0.4, -0.2) is 32.2 Å². The molecule has 0 fully saturated rings. The molecule has 0 aliphatic rings. The van der Waals surface area contributed by atoms with Gasteiger partial charge in [-0.1, -0.05) is 0 Å². The van der Waals surface area contributed by atoms with Crippen molar-refractivity contribution in [2.45, 2.75) is 17.2 Å². The Labute approximate surface area is 115 Å². The lowest BCUT2D eigenvalue weighted by Gasteiger charge is -2.16. The lowest BCUT2D eigenvalue weighted by atomic mass is 10.3. The van der Waals surface area contributed by atoms with E-state index in [4.69, 9.17) is 5.73 Å². The van der Waals surface area contributed by atoms with Crippen molar-refractivity contribution in [3.63, 3.8) is 0 Å². The molecule has 0 radical (unpaired) electrons. The topological polar surface area (TPSA) is 115 Å². The van der Waals surface area contributed by atoms with Gasteiger partial charge in [-0.05, 0) is 12.1 Å². The molecule has 0 aliphatic carbocycles. The van der Waals surface area contributed by atoms with Crippen molar-refractivity contribution in [2.24, 2.45) is 0 Å². The molecule has 3 N–H and O–H groups in total. The molecule has 118 valence electrons. The van der Waals surface area contributed by atoms with E-state index < -0.39 is 44.4 Å². The van der Waals surface area contributed by atoms with E-state index in [0.717, 1.165) is 12.1 Å². The number of nitro benzene ring substituents is 1. The van der Waals surface area contributed by atoms with Crippen LogP contribution in [0, 0.1) is 10.1 Å². The van der Waals surface area contributed by atoms with Crippen LogP contribution in [0.15, 0.2) is 23.1 Å². The van der Waals surface area contributed by atoms with Gasteiger partial charge in [0, 0.05) is 11.8 Å². The molecule has 0 spiro atoms. The summed E-state index contributed by atoms with van der Waals surface area (Å²) in [5, 5.41) is 10.7. The molecule has 0 bridgehead atoms. The minimum absolute atomic E-state index is 0.179. The van der Waals surface area contributed by atoms with E-state index in [-0.39, 0.29) is 5.69 Å². The second-order valence-electron chi connectivity index (χ2n) is 3.87. The highest BCUT2D eigenvalue weighted by molar-refractivity contribution is 7.89. The zero-order valence-electron chi connectivity index (χ0n) is 10.1. The number of alkyl halides is 4. The maximum atomic E-state index is 12.7. The first-order valence-corrected chi connectivity index (χ1v) is 6.65. The third kappa shape index (κ3) is 4.01. The van der Waals surface area contributed by atoms with Crippen molar-refractivity contribution in [3.05, 3.63) is 28.3 Å². The molecule has 0 aliphatic heterocycles. The first-order valence-electron chi connectivity index (χ1n) is 5.17. The van der Waals surface area contributed by atoms with Crippen LogP contribution in [0.2, 0.25) is 0 Å². The van der Waals surface area contributed by atoms with Crippen LogP contribution < -0.4 is 10.5 Å². The number of nitro groups is 1. The number of halogens is 4. The lowest BCUT2D eigenvalue weighted by molar-refractivity contribution is -0.387. The molecular formula is C9H9F4N3O4S. The van der Waals surface area contributed by atoms with Gasteiger partial charge in [-0.15, -0.1) is 0 Å². The summed E-state index contributed by atoms with van der Waals surface area (Å²) in [5.74, 6) is -4.61. The number of nitrogens with one attached hydrogen (secondary N) is 1. The molecule has 0 heterocycles. The first kappa shape index (κ1) is 17.1. The van der Waals surface area contributed by atoms with Crippen LogP contribution in [0.4, 0.5) is 28.9 Å². The fraction of sp³-hybridized carbons (Fsp3) is 0.333. The molecule has 0 unspecified atom stereocenters. The smallest absolute Gasteiger partial charge is 0.320 e. The Balaban J connectivity index is 3.15. The van der Waals surface area contributed by atoms with E-state index in [2.05, 4.69) is 0 Å². The molecule has 12 heteroatoms. The Hall–Kier alpha value is -1.95. The van der Waals surface area contributed by atoms with Crippen molar-refractivity contribution in [2.75, 3.05) is 12.3 Å². The third-order valence-electron chi connectivity index (χ3n) is 2.29. The van der Waals surface area contributed by atoms with Crippen LogP contribution in [0.25, 0.3) is 0 Å². The number of hydrogen-bond acceptors (Lipinski definition) is 5. The van der Waals surface area contributed by atoms with Gasteiger partial charge in [0.15, 0.2) is 4.90 Å². The number of hydrogen-bond donors (Lipinski definition) is 2. The quantitative estimate of drug-likeness (QED) is 0.353. The van der Waals surface area contributed by atoms with Gasteiger partial charge in [-0.2, -0.15) is 8.78 Å². The minimum Gasteiger partial charge on any atom is -0.399 e. The molecule has 0 aromatic heterocycles. The maximum Gasteiger partial charge on any atom is 0.320 e. The summed E-state index contributed by atoms with van der Waals surface area (Å²) >= 11 is 0. The summed E-state index contributed by atoms with van der Waals surface area (Å²) in [5.41, 5.74) is 4.17. The average molecular weight is 331 g/mol. The van der Waals surface area contributed by atoms with Gasteiger partial charge in [0.25, 0.3) is 5.69 Å². The normalized spacial score (nSPS) is 12.6. The zero-order chi connectivity index (χ0) is 16.4. The largest absolute Gasteiger partial charge is 0.399 e. The van der Waals surface area contributed by atoms with Gasteiger partial charge in [0.05, 0.1) is 11.5 Å². The fourth-order valence-corrected chi connectivity index (χ4v) is 2.49. The van der Waals surface area contributed by atoms with E-state index in [1.807, 2.05) is 0 Å². The highest BCUT2D eigenvalue weighted by Gasteiger charge is 2.42. The first-order chi connectivity index (χ1) is 9.47. The van der Waals surface area contributed by atoms with Gasteiger partial charge < -0.3 is 5.73 Å². The molecule has 1 aromatic rings. The molecule has 1 aromatic carbocycles. The zero-order valence-corrected chi connectivity index (χ0v) is 10.9. The Bertz CT molecular complexity index is 650. The van der Waals surface area contributed by atoms with E-state index in [1.165, 1.54) is 4.72 Å². The van der Waals surface area contributed by atoms with Crippen LogP contribution in [0.1, 0.15) is 0 Å². The van der Waals surface area contributed by atoms with Gasteiger partial charge in [-0.25, -0.2) is 21.9 Å². The summed E-state index contributed by atoms with van der Waals surface area (Å²) in [7, 11) is -4.81. The van der Waals surface area contributed by atoms with Crippen molar-refractivity contribution < 1.29 is 30.9 Å². The average Bonchev–Trinajstić information content (AvgIpc) is 2.36. The summed E-state index contributed by atoms with van der Waals surface area (Å²) < 4.78 is 73.9. The molecule has 21 heavy (non-hydrogen) atoms. The van der Waals surface area contributed by atoms with E-state index in [9.17, 15) is 36.1 Å². The minimum atomic E-state index is -4.81. The predicted octanol–water partition coefficient (Wildman–Crippen LogP) is 1.36. The highest BCUT2D eigenvalue weighted by atomic mass is 32.2. The maximum absolute atomic E-state index is 12.7. The fourth-order valence-electron chi connectivity index (χ4n) is 1.24. The number of benzene rings is 1. The molecule has 0 saturated heterocycles. The number of rotatable bonds is 6. The van der Waals surface area contributed by atoms with E-state index in [0.29, 0.717) is 6.07 Å². The second-order valence-corrected chi connectivity index (χ2v) is 5.61. The molecule has 1 rings (SSSR count). The van der Waals surface area contributed by atoms with Crippen LogP contribution >= 0.6 is 0 Å². The van der Waals surface area contributed by atoms with Crippen molar-refractivity contribution in [3.8, 4) is 0 Å². The molecule has 7 nitrogen and oxygen atoms in total. The SMILES string of the molecule is Nc1ccc([N+](=O)[O-])c(S(=O)(=O)NCC(F)(F)C(F)F)c1. The highest BCUT2D eigenvalue weighted by Crippen LogP contribution is 2.27. The van der Waals surface area contributed by atoms with Crippen molar-refractivity contribution in [1.29, 1.82) is 0 Å². The van der Waals surface area contributed by atoms with Gasteiger partial charge in [0.2, 0.25) is 10.0 Å². The van der Waals surface area contributed by atoms with E-state index in [1.54, 1.807) is 0 Å². The molecule has 0 amide bonds. The summed E-state index contributed by atoms with van der Waals surface area (Å²) in [6, 6.07) is 2.46. The van der Waals surface area contributed by atoms with Gasteiger partial charge >= 0.3 is 12.3 Å². The molecule has 0 saturated carbocycles. The number of sulfonamides is 1. The Kier molecular flexibility index (Phi) is 4.73. The lowest BCUT2D eigenvalue weighted by Crippen LogP contribution is -2.41. The number of anilines is 1. The predicted molar refractivity (Wildman–Crippen MR) is 63.6 cm³/mol. The van der Waals surface area contributed by atoms with Gasteiger partial charge in [-0.3, -0.25) is 10.1 Å². The summed E-state index contributed by atoms with van der Waals surface area (Å²) in [6.45, 7) is -1.90. The number of nitrogens with zero attached hydrogens (tertiary/aromatic N) is 1. The van der Waals surface area contributed by atoms with Crippen LogP contribution in [-0.2, 0) is 10.0 Å².